The first kappa shape index (κ1) is 24.8. The second kappa shape index (κ2) is 11.0. The number of para-hydroxylation sites is 1. The predicted molar refractivity (Wildman–Crippen MR) is 145 cm³/mol. The number of ether oxygens (including phenoxy) is 2. The van der Waals surface area contributed by atoms with Crippen LogP contribution in [0, 0.1) is 0 Å². The number of likely N-dealkylation sites (tertiary alicyclic amines) is 1. The fourth-order valence-electron chi connectivity index (χ4n) is 4.57. The summed E-state index contributed by atoms with van der Waals surface area (Å²) in [6.07, 6.45) is 0. The van der Waals surface area contributed by atoms with Crippen molar-refractivity contribution in [1.82, 2.24) is 4.90 Å². The Labute approximate surface area is 221 Å². The Morgan fingerprint density at radius 1 is 0.789 bits per heavy atom. The van der Waals surface area contributed by atoms with E-state index >= 15 is 0 Å². The zero-order valence-electron chi connectivity index (χ0n) is 20.9. The molecule has 1 atom stereocenters. The van der Waals surface area contributed by atoms with Crippen molar-refractivity contribution in [2.45, 2.75) is 19.5 Å². The van der Waals surface area contributed by atoms with E-state index in [1.165, 1.54) is 4.90 Å². The predicted octanol–water partition coefficient (Wildman–Crippen LogP) is 6.50. The Hall–Kier alpha value is -4.84. The summed E-state index contributed by atoms with van der Waals surface area (Å²) in [6.45, 7) is 2.61. The Morgan fingerprint density at radius 3 is 2.13 bits per heavy atom. The zero-order valence-corrected chi connectivity index (χ0v) is 20.9. The Bertz CT molecular complexity index is 1460. The van der Waals surface area contributed by atoms with E-state index < -0.39 is 17.7 Å². The van der Waals surface area contributed by atoms with Crippen molar-refractivity contribution in [3.8, 4) is 17.2 Å². The molecule has 0 spiro atoms. The van der Waals surface area contributed by atoms with Crippen LogP contribution in [0.1, 0.15) is 29.7 Å². The minimum atomic E-state index is -0.805. The normalized spacial score (nSPS) is 16.4. The number of carbonyl (C=O) groups is 2. The lowest BCUT2D eigenvalue weighted by molar-refractivity contribution is -0.140. The average Bonchev–Trinajstić information content (AvgIpc) is 3.19. The molecule has 38 heavy (non-hydrogen) atoms. The van der Waals surface area contributed by atoms with Crippen molar-refractivity contribution in [1.29, 1.82) is 0 Å². The fraction of sp³-hybridized carbons (Fsp3) is 0.125. The van der Waals surface area contributed by atoms with Crippen molar-refractivity contribution in [2.24, 2.45) is 0 Å². The summed E-state index contributed by atoms with van der Waals surface area (Å²) in [5.41, 5.74) is 1.98. The van der Waals surface area contributed by atoms with Crippen molar-refractivity contribution < 1.29 is 24.2 Å². The van der Waals surface area contributed by atoms with E-state index in [1.807, 2.05) is 85.8 Å². The second-order valence-corrected chi connectivity index (χ2v) is 8.86. The molecule has 0 radical (unpaired) electrons. The van der Waals surface area contributed by atoms with Gasteiger partial charge in [0.05, 0.1) is 18.2 Å². The number of rotatable bonds is 8. The van der Waals surface area contributed by atoms with Gasteiger partial charge in [-0.2, -0.15) is 0 Å². The van der Waals surface area contributed by atoms with E-state index in [-0.39, 0.29) is 17.9 Å². The number of hydrogen-bond acceptors (Lipinski definition) is 5. The second-order valence-electron chi connectivity index (χ2n) is 8.86. The largest absolute Gasteiger partial charge is 0.507 e. The van der Waals surface area contributed by atoms with Crippen LogP contribution < -0.4 is 9.47 Å². The van der Waals surface area contributed by atoms with Crippen LogP contribution in [0.25, 0.3) is 5.76 Å². The highest BCUT2D eigenvalue weighted by Gasteiger charge is 2.46. The SMILES string of the molecule is CCOc1ccc(C(O)=C2C(=O)C(=O)N(Cc3ccccc3)C2c2cccc(Oc3ccccc3)c2)cc1. The summed E-state index contributed by atoms with van der Waals surface area (Å²) >= 11 is 0. The van der Waals surface area contributed by atoms with Crippen LogP contribution in [-0.4, -0.2) is 28.3 Å². The molecule has 5 rings (SSSR count). The molecule has 0 aromatic heterocycles. The molecule has 1 N–H and O–H groups in total. The van der Waals surface area contributed by atoms with Crippen LogP contribution in [0.5, 0.6) is 17.2 Å². The lowest BCUT2D eigenvalue weighted by Crippen LogP contribution is -2.29. The number of carbonyl (C=O) groups excluding carboxylic acids is 2. The summed E-state index contributed by atoms with van der Waals surface area (Å²) in [5.74, 6) is 0.238. The van der Waals surface area contributed by atoms with E-state index in [0.717, 1.165) is 5.56 Å². The highest BCUT2D eigenvalue weighted by atomic mass is 16.5. The molecule has 1 aliphatic heterocycles. The maximum absolute atomic E-state index is 13.4. The van der Waals surface area contributed by atoms with E-state index in [0.29, 0.717) is 35.0 Å². The van der Waals surface area contributed by atoms with Gasteiger partial charge in [-0.25, -0.2) is 0 Å². The molecule has 1 fully saturated rings. The molecule has 0 aliphatic carbocycles. The molecular formula is C32H27NO5. The van der Waals surface area contributed by atoms with Crippen molar-refractivity contribution in [3.63, 3.8) is 0 Å². The maximum atomic E-state index is 13.4. The van der Waals surface area contributed by atoms with Gasteiger partial charge in [0.25, 0.3) is 11.7 Å². The first-order valence-corrected chi connectivity index (χ1v) is 12.4. The van der Waals surface area contributed by atoms with Gasteiger partial charge in [0.2, 0.25) is 0 Å². The van der Waals surface area contributed by atoms with Crippen LogP contribution in [0.3, 0.4) is 0 Å². The minimum absolute atomic E-state index is 0.0342. The number of hydrogen-bond donors (Lipinski definition) is 1. The van der Waals surface area contributed by atoms with Crippen molar-refractivity contribution in [2.75, 3.05) is 6.61 Å². The maximum Gasteiger partial charge on any atom is 0.295 e. The van der Waals surface area contributed by atoms with E-state index in [1.54, 1.807) is 30.3 Å². The van der Waals surface area contributed by atoms with Gasteiger partial charge in [-0.1, -0.05) is 60.7 Å². The number of aliphatic hydroxyl groups excluding tert-OH is 1. The third-order valence-corrected chi connectivity index (χ3v) is 6.33. The van der Waals surface area contributed by atoms with Crippen LogP contribution in [0.15, 0.2) is 115 Å². The highest BCUT2D eigenvalue weighted by molar-refractivity contribution is 6.46. The van der Waals surface area contributed by atoms with Crippen LogP contribution >= 0.6 is 0 Å². The lowest BCUT2D eigenvalue weighted by atomic mass is 9.95. The van der Waals surface area contributed by atoms with Gasteiger partial charge in [0.1, 0.15) is 23.0 Å². The first-order valence-electron chi connectivity index (χ1n) is 12.4. The molecule has 0 bridgehead atoms. The standard InChI is InChI=1S/C32H27NO5/c1-2-37-25-18-16-23(17-19-25)30(34)28-29(33(32(36)31(28)35)21-22-10-5-3-6-11-22)24-12-9-15-27(20-24)38-26-13-7-4-8-14-26/h3-20,29,34H,2,21H2,1H3. The minimum Gasteiger partial charge on any atom is -0.507 e. The molecule has 0 saturated carbocycles. The van der Waals surface area contributed by atoms with Gasteiger partial charge >= 0.3 is 0 Å². The van der Waals surface area contributed by atoms with E-state index in [9.17, 15) is 14.7 Å². The fourth-order valence-corrected chi connectivity index (χ4v) is 4.57. The number of benzene rings is 4. The number of Topliss-reactive ketones (excluding diaryl/α,β-unsaturated/α-hetero) is 1. The third-order valence-electron chi connectivity index (χ3n) is 6.33. The van der Waals surface area contributed by atoms with Gasteiger partial charge in [-0.3, -0.25) is 9.59 Å². The van der Waals surface area contributed by atoms with Crippen LogP contribution in [-0.2, 0) is 16.1 Å². The van der Waals surface area contributed by atoms with Gasteiger partial charge in [-0.15, -0.1) is 0 Å². The molecule has 6 nitrogen and oxygen atoms in total. The highest BCUT2D eigenvalue weighted by Crippen LogP contribution is 2.41. The summed E-state index contributed by atoms with van der Waals surface area (Å²) in [6, 6.07) is 32.1. The van der Waals surface area contributed by atoms with Crippen LogP contribution in [0.4, 0.5) is 0 Å². The molecule has 4 aromatic rings. The summed E-state index contributed by atoms with van der Waals surface area (Å²) in [4.78, 5) is 28.2. The number of amides is 1. The first-order chi connectivity index (χ1) is 18.5. The van der Waals surface area contributed by atoms with Crippen molar-refractivity contribution >= 4 is 17.4 Å². The molecule has 1 amide bonds. The molecule has 4 aromatic carbocycles. The number of nitrogens with zero attached hydrogens (tertiary/aromatic N) is 1. The summed E-state index contributed by atoms with van der Waals surface area (Å²) < 4.78 is 11.5. The molecular weight excluding hydrogens is 478 g/mol. The summed E-state index contributed by atoms with van der Waals surface area (Å²) in [7, 11) is 0. The Kier molecular flexibility index (Phi) is 7.22. The number of ketones is 1. The average molecular weight is 506 g/mol. The smallest absolute Gasteiger partial charge is 0.295 e. The molecule has 190 valence electrons. The van der Waals surface area contributed by atoms with E-state index in [2.05, 4.69) is 0 Å². The quantitative estimate of drug-likeness (QED) is 0.168. The molecule has 1 unspecified atom stereocenters. The monoisotopic (exact) mass is 505 g/mol. The van der Waals surface area contributed by atoms with Crippen LogP contribution in [0.2, 0.25) is 0 Å². The van der Waals surface area contributed by atoms with Gasteiger partial charge < -0.3 is 19.5 Å². The number of aliphatic hydroxyl groups is 1. The van der Waals surface area contributed by atoms with Gasteiger partial charge in [-0.05, 0) is 66.6 Å². The van der Waals surface area contributed by atoms with Gasteiger partial charge in [0, 0.05) is 12.1 Å². The topological polar surface area (TPSA) is 76.1 Å². The summed E-state index contributed by atoms with van der Waals surface area (Å²) in [5, 5.41) is 11.4. The van der Waals surface area contributed by atoms with E-state index in [4.69, 9.17) is 9.47 Å². The van der Waals surface area contributed by atoms with Gasteiger partial charge in [0.15, 0.2) is 0 Å². The molecule has 1 heterocycles. The molecule has 1 aliphatic rings. The Balaban J connectivity index is 1.59. The zero-order chi connectivity index (χ0) is 26.5. The Morgan fingerprint density at radius 2 is 1.45 bits per heavy atom. The lowest BCUT2D eigenvalue weighted by Gasteiger charge is -2.26. The third kappa shape index (κ3) is 5.15. The molecule has 1 saturated heterocycles. The molecule has 6 heteroatoms. The van der Waals surface area contributed by atoms with Crippen molar-refractivity contribution in [3.05, 3.63) is 131 Å².